The Bertz CT molecular complexity index is 1010. The van der Waals surface area contributed by atoms with Crippen LogP contribution >= 0.6 is 0 Å². The number of fused-ring (bicyclic) bond motifs is 1. The molecule has 5 heteroatoms. The second-order valence-corrected chi connectivity index (χ2v) is 5.52. The SMILES string of the molecule is CCc1oc2ccc(F)cc2c1C(=O)c1cc(C)c(O)c(C#N)c1. The zero-order valence-electron chi connectivity index (χ0n) is 13.2. The van der Waals surface area contributed by atoms with Gasteiger partial charge in [0.2, 0.25) is 0 Å². The Morgan fingerprint density at radius 1 is 1.33 bits per heavy atom. The third-order valence-corrected chi connectivity index (χ3v) is 3.95. The van der Waals surface area contributed by atoms with Crippen molar-refractivity contribution in [3.63, 3.8) is 0 Å². The number of phenolic OH excluding ortho intramolecular Hbond substituents is 1. The van der Waals surface area contributed by atoms with Crippen LogP contribution in [0.15, 0.2) is 34.7 Å². The predicted molar refractivity (Wildman–Crippen MR) is 86.5 cm³/mol. The fraction of sp³-hybridized carbons (Fsp3) is 0.158. The maximum absolute atomic E-state index is 13.6. The second kappa shape index (κ2) is 5.82. The van der Waals surface area contributed by atoms with E-state index < -0.39 is 5.82 Å². The number of carbonyl (C=O) groups excluding carboxylic acids is 1. The van der Waals surface area contributed by atoms with Gasteiger partial charge in [-0.25, -0.2) is 4.39 Å². The molecule has 0 aliphatic rings. The summed E-state index contributed by atoms with van der Waals surface area (Å²) in [5.41, 5.74) is 1.43. The van der Waals surface area contributed by atoms with Crippen LogP contribution in [0.3, 0.4) is 0 Å². The summed E-state index contributed by atoms with van der Waals surface area (Å²) in [5.74, 6) is -0.506. The quantitative estimate of drug-likeness (QED) is 0.731. The van der Waals surface area contributed by atoms with E-state index in [0.29, 0.717) is 34.3 Å². The topological polar surface area (TPSA) is 74.2 Å². The van der Waals surface area contributed by atoms with Crippen molar-refractivity contribution in [2.45, 2.75) is 20.3 Å². The standard InChI is InChI=1S/C19H14FNO3/c1-3-15-17(14-8-13(20)4-5-16(14)24-15)19(23)11-6-10(2)18(22)12(7-11)9-21/h4-8,22H,3H2,1-2H3. The maximum atomic E-state index is 13.6. The molecule has 0 aliphatic carbocycles. The van der Waals surface area contributed by atoms with Crippen LogP contribution in [0.4, 0.5) is 4.39 Å². The number of benzene rings is 2. The van der Waals surface area contributed by atoms with Crippen molar-refractivity contribution in [2.24, 2.45) is 0 Å². The van der Waals surface area contributed by atoms with E-state index in [0.717, 1.165) is 0 Å². The molecular formula is C19H14FNO3. The van der Waals surface area contributed by atoms with Crippen molar-refractivity contribution in [1.82, 2.24) is 0 Å². The number of furan rings is 1. The number of ketones is 1. The Labute approximate surface area is 137 Å². The first-order valence-corrected chi connectivity index (χ1v) is 7.45. The lowest BCUT2D eigenvalue weighted by Crippen LogP contribution is -2.05. The van der Waals surface area contributed by atoms with Crippen molar-refractivity contribution in [1.29, 1.82) is 5.26 Å². The molecule has 1 aromatic heterocycles. The van der Waals surface area contributed by atoms with Crippen LogP contribution in [0, 0.1) is 24.1 Å². The molecule has 4 nitrogen and oxygen atoms in total. The Morgan fingerprint density at radius 2 is 2.08 bits per heavy atom. The van der Waals surface area contributed by atoms with E-state index >= 15 is 0 Å². The number of hydrogen-bond donors (Lipinski definition) is 1. The predicted octanol–water partition coefficient (Wildman–Crippen LogP) is 4.25. The number of halogens is 1. The summed E-state index contributed by atoms with van der Waals surface area (Å²) < 4.78 is 19.3. The molecular weight excluding hydrogens is 309 g/mol. The minimum absolute atomic E-state index is 0.0235. The number of phenols is 1. The number of carbonyl (C=O) groups is 1. The second-order valence-electron chi connectivity index (χ2n) is 5.52. The van der Waals surface area contributed by atoms with E-state index in [1.165, 1.54) is 30.3 Å². The average molecular weight is 323 g/mol. The molecule has 0 saturated heterocycles. The molecule has 24 heavy (non-hydrogen) atoms. The number of aromatic hydroxyl groups is 1. The zero-order valence-corrected chi connectivity index (χ0v) is 13.2. The van der Waals surface area contributed by atoms with Gasteiger partial charge >= 0.3 is 0 Å². The monoisotopic (exact) mass is 323 g/mol. The van der Waals surface area contributed by atoms with Crippen LogP contribution in [0.5, 0.6) is 5.75 Å². The van der Waals surface area contributed by atoms with Gasteiger partial charge in [-0.15, -0.1) is 0 Å². The van der Waals surface area contributed by atoms with Crippen LogP contribution in [0.2, 0.25) is 0 Å². The van der Waals surface area contributed by atoms with Crippen LogP contribution < -0.4 is 0 Å². The Morgan fingerprint density at radius 3 is 2.75 bits per heavy atom. The summed E-state index contributed by atoms with van der Waals surface area (Å²) in [6.07, 6.45) is 0.472. The minimum atomic E-state index is -0.459. The van der Waals surface area contributed by atoms with Gasteiger partial charge in [0.05, 0.1) is 11.1 Å². The van der Waals surface area contributed by atoms with Gasteiger partial charge in [-0.2, -0.15) is 5.26 Å². The first kappa shape index (κ1) is 15.8. The Hall–Kier alpha value is -3.13. The van der Waals surface area contributed by atoms with Gasteiger partial charge in [0.1, 0.15) is 29.0 Å². The van der Waals surface area contributed by atoms with Crippen molar-refractivity contribution in [3.05, 3.63) is 64.2 Å². The maximum Gasteiger partial charge on any atom is 0.197 e. The third kappa shape index (κ3) is 2.42. The molecule has 0 bridgehead atoms. The van der Waals surface area contributed by atoms with E-state index in [1.54, 1.807) is 6.92 Å². The average Bonchev–Trinajstić information content (AvgIpc) is 2.94. The molecule has 0 fully saturated rings. The van der Waals surface area contributed by atoms with E-state index in [9.17, 15) is 14.3 Å². The molecule has 1 heterocycles. The van der Waals surface area contributed by atoms with Gasteiger partial charge in [0.15, 0.2) is 5.78 Å². The molecule has 1 N–H and O–H groups in total. The molecule has 0 radical (unpaired) electrons. The van der Waals surface area contributed by atoms with Crippen LogP contribution in [0.25, 0.3) is 11.0 Å². The molecule has 0 spiro atoms. The fourth-order valence-electron chi connectivity index (χ4n) is 2.76. The molecule has 2 aromatic carbocycles. The zero-order chi connectivity index (χ0) is 17.4. The van der Waals surface area contributed by atoms with Crippen LogP contribution in [-0.4, -0.2) is 10.9 Å². The number of hydrogen-bond acceptors (Lipinski definition) is 4. The van der Waals surface area contributed by atoms with E-state index in [-0.39, 0.29) is 22.7 Å². The molecule has 0 amide bonds. The van der Waals surface area contributed by atoms with Gasteiger partial charge in [-0.1, -0.05) is 6.92 Å². The summed E-state index contributed by atoms with van der Waals surface area (Å²) in [4.78, 5) is 13.0. The summed E-state index contributed by atoms with van der Waals surface area (Å²) >= 11 is 0. The van der Waals surface area contributed by atoms with Crippen molar-refractivity contribution in [2.75, 3.05) is 0 Å². The smallest absolute Gasteiger partial charge is 0.197 e. The third-order valence-electron chi connectivity index (χ3n) is 3.95. The lowest BCUT2D eigenvalue weighted by molar-refractivity contribution is 0.103. The van der Waals surface area contributed by atoms with E-state index in [1.807, 2.05) is 13.0 Å². The number of nitriles is 1. The summed E-state index contributed by atoms with van der Waals surface area (Å²) in [7, 11) is 0. The largest absolute Gasteiger partial charge is 0.506 e. The van der Waals surface area contributed by atoms with Gasteiger partial charge < -0.3 is 9.52 Å². The van der Waals surface area contributed by atoms with Crippen molar-refractivity contribution >= 4 is 16.8 Å². The molecule has 0 saturated carbocycles. The lowest BCUT2D eigenvalue weighted by Gasteiger charge is -2.06. The lowest BCUT2D eigenvalue weighted by atomic mass is 9.96. The highest BCUT2D eigenvalue weighted by Crippen LogP contribution is 2.31. The van der Waals surface area contributed by atoms with E-state index in [4.69, 9.17) is 9.68 Å². The molecule has 120 valence electrons. The highest BCUT2D eigenvalue weighted by molar-refractivity contribution is 6.17. The van der Waals surface area contributed by atoms with Crippen LogP contribution in [0.1, 0.15) is 39.7 Å². The molecule has 0 unspecified atom stereocenters. The van der Waals surface area contributed by atoms with Crippen molar-refractivity contribution < 1.29 is 18.7 Å². The van der Waals surface area contributed by atoms with Crippen LogP contribution in [-0.2, 0) is 6.42 Å². The Balaban J connectivity index is 2.24. The summed E-state index contributed by atoms with van der Waals surface area (Å²) in [5, 5.41) is 19.3. The van der Waals surface area contributed by atoms with Gasteiger partial charge in [0, 0.05) is 17.4 Å². The van der Waals surface area contributed by atoms with E-state index in [2.05, 4.69) is 0 Å². The first-order chi connectivity index (χ1) is 11.5. The highest BCUT2D eigenvalue weighted by atomic mass is 19.1. The van der Waals surface area contributed by atoms with Gasteiger partial charge in [-0.05, 0) is 42.8 Å². The normalized spacial score (nSPS) is 10.8. The number of aryl methyl sites for hydroxylation is 2. The molecule has 3 rings (SSSR count). The van der Waals surface area contributed by atoms with Crippen molar-refractivity contribution in [3.8, 4) is 11.8 Å². The molecule has 0 atom stereocenters. The number of nitrogens with zero attached hydrogens (tertiary/aromatic N) is 1. The van der Waals surface area contributed by atoms with Gasteiger partial charge in [-0.3, -0.25) is 4.79 Å². The minimum Gasteiger partial charge on any atom is -0.506 e. The number of rotatable bonds is 3. The Kier molecular flexibility index (Phi) is 3.82. The summed E-state index contributed by atoms with van der Waals surface area (Å²) in [6, 6.07) is 8.74. The van der Waals surface area contributed by atoms with Gasteiger partial charge in [0.25, 0.3) is 0 Å². The fourth-order valence-corrected chi connectivity index (χ4v) is 2.76. The molecule has 0 aliphatic heterocycles. The molecule has 3 aromatic rings. The highest BCUT2D eigenvalue weighted by Gasteiger charge is 2.23. The summed E-state index contributed by atoms with van der Waals surface area (Å²) in [6.45, 7) is 3.45. The first-order valence-electron chi connectivity index (χ1n) is 7.45.